The second kappa shape index (κ2) is 9.23. The predicted octanol–water partition coefficient (Wildman–Crippen LogP) is 5.71. The van der Waals surface area contributed by atoms with Crippen LogP contribution in [0.5, 0.6) is 0 Å². The molecule has 0 bridgehead atoms. The van der Waals surface area contributed by atoms with Gasteiger partial charge in [0.05, 0.1) is 5.69 Å². The number of nitrogens with one attached hydrogen (secondary N) is 1. The number of hydrogen-bond donors (Lipinski definition) is 1. The number of aryl methyl sites for hydroxylation is 1. The van der Waals surface area contributed by atoms with Crippen molar-refractivity contribution in [2.75, 3.05) is 5.32 Å². The zero-order valence-electron chi connectivity index (χ0n) is 17.5. The van der Waals surface area contributed by atoms with Crippen LogP contribution in [0.4, 0.5) is 5.69 Å². The highest BCUT2D eigenvalue weighted by Gasteiger charge is 2.17. The van der Waals surface area contributed by atoms with Gasteiger partial charge in [0, 0.05) is 27.8 Å². The molecule has 0 saturated heterocycles. The maximum atomic E-state index is 13.0. The molecule has 0 atom stereocenters. The van der Waals surface area contributed by atoms with Gasteiger partial charge in [-0.3, -0.25) is 14.4 Å². The van der Waals surface area contributed by atoms with E-state index in [1.54, 1.807) is 72.8 Å². The van der Waals surface area contributed by atoms with Crippen LogP contribution in [0.3, 0.4) is 0 Å². The molecular weight excluding hydrogens is 398 g/mol. The highest BCUT2D eigenvalue weighted by molar-refractivity contribution is 6.15. The predicted molar refractivity (Wildman–Crippen MR) is 125 cm³/mol. The normalized spacial score (nSPS) is 10.4. The molecule has 0 unspecified atom stereocenters. The van der Waals surface area contributed by atoms with Crippen LogP contribution in [0.1, 0.15) is 47.8 Å². The van der Waals surface area contributed by atoms with E-state index in [4.69, 9.17) is 0 Å². The summed E-state index contributed by atoms with van der Waals surface area (Å²) in [4.78, 5) is 38.4. The summed E-state index contributed by atoms with van der Waals surface area (Å²) in [6.45, 7) is 1.90. The summed E-state index contributed by atoms with van der Waals surface area (Å²) in [6.07, 6.45) is 0. The van der Waals surface area contributed by atoms with Crippen LogP contribution in [0, 0.1) is 6.92 Å². The van der Waals surface area contributed by atoms with Crippen LogP contribution in [0.2, 0.25) is 0 Å². The summed E-state index contributed by atoms with van der Waals surface area (Å²) in [6, 6.07) is 29.8. The van der Waals surface area contributed by atoms with Gasteiger partial charge < -0.3 is 5.32 Å². The van der Waals surface area contributed by atoms with Gasteiger partial charge in [0.15, 0.2) is 11.6 Å². The molecule has 32 heavy (non-hydrogen) atoms. The first kappa shape index (κ1) is 20.9. The van der Waals surface area contributed by atoms with Crippen molar-refractivity contribution >= 4 is 23.2 Å². The van der Waals surface area contributed by atoms with E-state index in [0.717, 1.165) is 5.56 Å². The van der Waals surface area contributed by atoms with Crippen LogP contribution in [0.15, 0.2) is 103 Å². The molecule has 4 heteroatoms. The molecule has 0 aliphatic heterocycles. The molecule has 0 heterocycles. The second-order valence-electron chi connectivity index (χ2n) is 7.47. The third kappa shape index (κ3) is 4.55. The lowest BCUT2D eigenvalue weighted by Gasteiger charge is -2.12. The minimum absolute atomic E-state index is 0.105. The number of carbonyl (C=O) groups is 3. The maximum Gasteiger partial charge on any atom is 0.255 e. The topological polar surface area (TPSA) is 63.2 Å². The lowest BCUT2D eigenvalue weighted by molar-refractivity contribution is 0.101. The molecule has 0 spiro atoms. The number of anilines is 1. The van der Waals surface area contributed by atoms with Gasteiger partial charge in [-0.15, -0.1) is 0 Å². The van der Waals surface area contributed by atoms with Crippen molar-refractivity contribution in [1.82, 2.24) is 0 Å². The Morgan fingerprint density at radius 2 is 1.06 bits per heavy atom. The molecule has 1 amide bonds. The molecule has 4 nitrogen and oxygen atoms in total. The molecule has 156 valence electrons. The van der Waals surface area contributed by atoms with E-state index in [-0.39, 0.29) is 17.5 Å². The lowest BCUT2D eigenvalue weighted by atomic mass is 9.99. The minimum Gasteiger partial charge on any atom is -0.321 e. The molecule has 0 fully saturated rings. The van der Waals surface area contributed by atoms with Crippen molar-refractivity contribution < 1.29 is 14.4 Å². The van der Waals surface area contributed by atoms with Crippen molar-refractivity contribution in [3.05, 3.63) is 137 Å². The van der Waals surface area contributed by atoms with E-state index in [0.29, 0.717) is 33.5 Å². The Hall–Kier alpha value is -4.31. The van der Waals surface area contributed by atoms with E-state index in [9.17, 15) is 14.4 Å². The Labute approximate surface area is 186 Å². The van der Waals surface area contributed by atoms with Crippen LogP contribution in [0.25, 0.3) is 0 Å². The number of rotatable bonds is 6. The van der Waals surface area contributed by atoms with Crippen molar-refractivity contribution in [3.63, 3.8) is 0 Å². The number of carbonyl (C=O) groups excluding carboxylic acids is 3. The molecule has 0 saturated carbocycles. The van der Waals surface area contributed by atoms with Gasteiger partial charge in [-0.25, -0.2) is 0 Å². The van der Waals surface area contributed by atoms with Gasteiger partial charge in [-0.2, -0.15) is 0 Å². The van der Waals surface area contributed by atoms with Crippen molar-refractivity contribution in [1.29, 1.82) is 0 Å². The third-order valence-electron chi connectivity index (χ3n) is 5.15. The number of hydrogen-bond acceptors (Lipinski definition) is 3. The van der Waals surface area contributed by atoms with E-state index < -0.39 is 0 Å². The van der Waals surface area contributed by atoms with Crippen molar-refractivity contribution in [2.45, 2.75) is 6.92 Å². The summed E-state index contributed by atoms with van der Waals surface area (Å²) in [5.41, 5.74) is 3.84. The van der Waals surface area contributed by atoms with Crippen LogP contribution in [-0.2, 0) is 0 Å². The highest BCUT2D eigenvalue weighted by Crippen LogP contribution is 2.22. The van der Waals surface area contributed by atoms with E-state index >= 15 is 0 Å². The summed E-state index contributed by atoms with van der Waals surface area (Å²) >= 11 is 0. The van der Waals surface area contributed by atoms with Gasteiger partial charge in [-0.05, 0) is 31.2 Å². The first-order valence-electron chi connectivity index (χ1n) is 10.2. The maximum absolute atomic E-state index is 13.0. The Morgan fingerprint density at radius 1 is 0.562 bits per heavy atom. The average Bonchev–Trinajstić information content (AvgIpc) is 2.85. The van der Waals surface area contributed by atoms with E-state index in [2.05, 4.69) is 5.32 Å². The molecule has 4 aromatic carbocycles. The molecule has 0 aliphatic rings. The van der Waals surface area contributed by atoms with Gasteiger partial charge in [0.2, 0.25) is 0 Å². The second-order valence-corrected chi connectivity index (χ2v) is 7.47. The molecular formula is C28H21NO3. The summed E-state index contributed by atoms with van der Waals surface area (Å²) in [5, 5.41) is 2.84. The highest BCUT2D eigenvalue weighted by atomic mass is 16.2. The molecule has 4 rings (SSSR count). The molecule has 1 N–H and O–H groups in total. The molecule has 4 aromatic rings. The van der Waals surface area contributed by atoms with Crippen LogP contribution < -0.4 is 5.32 Å². The quantitative estimate of drug-likeness (QED) is 0.407. The Kier molecular flexibility index (Phi) is 6.04. The average molecular weight is 419 g/mol. The zero-order valence-corrected chi connectivity index (χ0v) is 17.5. The van der Waals surface area contributed by atoms with Crippen molar-refractivity contribution in [3.8, 4) is 0 Å². The van der Waals surface area contributed by atoms with Gasteiger partial charge in [0.25, 0.3) is 5.91 Å². The lowest BCUT2D eigenvalue weighted by Crippen LogP contribution is -2.15. The fourth-order valence-electron chi connectivity index (χ4n) is 3.42. The summed E-state index contributed by atoms with van der Waals surface area (Å²) in [5.74, 6) is -0.616. The molecule has 0 aromatic heterocycles. The zero-order chi connectivity index (χ0) is 22.5. The monoisotopic (exact) mass is 419 g/mol. The largest absolute Gasteiger partial charge is 0.321 e. The Bertz CT molecular complexity index is 1280. The number of benzene rings is 4. The first-order chi connectivity index (χ1) is 15.5. The molecule has 0 aliphatic carbocycles. The standard InChI is InChI=1S/C28H21NO3/c1-19-12-17-25(24(18-19)27(31)21-10-6-3-7-11-21)29-28(32)23-15-13-22(14-16-23)26(30)20-8-4-2-5-9-20/h2-18H,1H3,(H,29,32). The number of amides is 1. The van der Waals surface area contributed by atoms with Gasteiger partial charge >= 0.3 is 0 Å². The van der Waals surface area contributed by atoms with Crippen molar-refractivity contribution in [2.24, 2.45) is 0 Å². The first-order valence-corrected chi connectivity index (χ1v) is 10.2. The third-order valence-corrected chi connectivity index (χ3v) is 5.15. The summed E-state index contributed by atoms with van der Waals surface area (Å²) < 4.78 is 0. The van der Waals surface area contributed by atoms with E-state index in [1.807, 2.05) is 37.3 Å². The smallest absolute Gasteiger partial charge is 0.255 e. The van der Waals surface area contributed by atoms with Crippen LogP contribution in [-0.4, -0.2) is 17.5 Å². The van der Waals surface area contributed by atoms with Crippen LogP contribution >= 0.6 is 0 Å². The Morgan fingerprint density at radius 3 is 1.66 bits per heavy atom. The van der Waals surface area contributed by atoms with E-state index in [1.165, 1.54) is 0 Å². The minimum atomic E-state index is -0.352. The fraction of sp³-hybridized carbons (Fsp3) is 0.0357. The Balaban J connectivity index is 1.56. The van der Waals surface area contributed by atoms with Gasteiger partial charge in [0.1, 0.15) is 0 Å². The summed E-state index contributed by atoms with van der Waals surface area (Å²) in [7, 11) is 0. The molecule has 0 radical (unpaired) electrons. The SMILES string of the molecule is Cc1ccc(NC(=O)c2ccc(C(=O)c3ccccc3)cc2)c(C(=O)c2ccccc2)c1. The van der Waals surface area contributed by atoms with Gasteiger partial charge in [-0.1, -0.05) is 84.4 Å². The number of ketones is 2. The fourth-order valence-corrected chi connectivity index (χ4v) is 3.42.